The second kappa shape index (κ2) is 9.06. The van der Waals surface area contributed by atoms with Gasteiger partial charge in [-0.2, -0.15) is 0 Å². The highest BCUT2D eigenvalue weighted by atomic mass is 16.6. The van der Waals surface area contributed by atoms with Gasteiger partial charge >= 0.3 is 0 Å². The van der Waals surface area contributed by atoms with Crippen molar-refractivity contribution in [1.29, 1.82) is 0 Å². The normalized spacial score (nSPS) is 15.6. The zero-order valence-electron chi connectivity index (χ0n) is 19.1. The van der Waals surface area contributed by atoms with Gasteiger partial charge in [-0.05, 0) is 48.4 Å². The fourth-order valence-electron chi connectivity index (χ4n) is 4.60. The van der Waals surface area contributed by atoms with E-state index in [-0.39, 0.29) is 29.1 Å². The van der Waals surface area contributed by atoms with Gasteiger partial charge in [-0.15, -0.1) is 0 Å². The van der Waals surface area contributed by atoms with Gasteiger partial charge in [0.2, 0.25) is 5.78 Å². The van der Waals surface area contributed by atoms with Gasteiger partial charge in [0, 0.05) is 29.7 Å². The highest BCUT2D eigenvalue weighted by Crippen LogP contribution is 2.42. The fourth-order valence-corrected chi connectivity index (χ4v) is 4.60. The Morgan fingerprint density at radius 2 is 2.03 bits per heavy atom. The second-order valence-electron chi connectivity index (χ2n) is 8.26. The number of hydrogen-bond donors (Lipinski definition) is 2. The van der Waals surface area contributed by atoms with Crippen molar-refractivity contribution in [3.05, 3.63) is 105 Å². The number of nitrogens with one attached hydrogen (secondary N) is 1. The molecule has 182 valence electrons. The van der Waals surface area contributed by atoms with Gasteiger partial charge in [0.05, 0.1) is 35.5 Å². The minimum Gasteiger partial charge on any atom is -0.503 e. The average Bonchev–Trinajstić information content (AvgIpc) is 3.62. The van der Waals surface area contributed by atoms with Crippen molar-refractivity contribution < 1.29 is 28.8 Å². The summed E-state index contributed by atoms with van der Waals surface area (Å²) in [6, 6.07) is 13.2. The van der Waals surface area contributed by atoms with Crippen molar-refractivity contribution in [1.82, 2.24) is 9.88 Å². The van der Waals surface area contributed by atoms with E-state index < -0.39 is 28.4 Å². The molecule has 5 rings (SSSR count). The summed E-state index contributed by atoms with van der Waals surface area (Å²) < 4.78 is 10.5. The molecular weight excluding hydrogens is 466 g/mol. The molecule has 0 saturated carbocycles. The second-order valence-corrected chi connectivity index (χ2v) is 8.26. The van der Waals surface area contributed by atoms with Gasteiger partial charge in [-0.1, -0.05) is 12.1 Å². The molecule has 0 unspecified atom stereocenters. The number of benzene rings is 2. The van der Waals surface area contributed by atoms with E-state index in [0.717, 1.165) is 16.5 Å². The number of hydrogen-bond acceptors (Lipinski definition) is 7. The monoisotopic (exact) mass is 487 g/mol. The van der Waals surface area contributed by atoms with Crippen molar-refractivity contribution in [2.45, 2.75) is 12.5 Å². The summed E-state index contributed by atoms with van der Waals surface area (Å²) >= 11 is 0. The van der Waals surface area contributed by atoms with E-state index in [1.807, 2.05) is 24.4 Å². The first-order valence-electron chi connectivity index (χ1n) is 11.1. The number of carbonyl (C=O) groups is 2. The Hall–Kier alpha value is -4.86. The minimum atomic E-state index is -1.17. The molecule has 0 aliphatic carbocycles. The number of furan rings is 1. The topological polar surface area (TPSA) is 139 Å². The quantitative estimate of drug-likeness (QED) is 0.212. The Bertz CT molecular complexity index is 1520. The molecule has 1 amide bonds. The maximum Gasteiger partial charge on any atom is 0.290 e. The molecule has 0 spiro atoms. The van der Waals surface area contributed by atoms with Crippen LogP contribution in [0.3, 0.4) is 0 Å². The molecule has 0 bridgehead atoms. The van der Waals surface area contributed by atoms with Crippen LogP contribution in [0.2, 0.25) is 0 Å². The molecule has 3 heterocycles. The Morgan fingerprint density at radius 1 is 1.22 bits per heavy atom. The number of methoxy groups -OCH3 is 1. The molecule has 4 aromatic rings. The number of Topliss-reactive ketones (excluding diaryl/α,β-unsaturated/α-hetero) is 1. The third-order valence-electron chi connectivity index (χ3n) is 6.32. The van der Waals surface area contributed by atoms with Crippen LogP contribution in [0.4, 0.5) is 5.69 Å². The van der Waals surface area contributed by atoms with Gasteiger partial charge in [0.1, 0.15) is 5.75 Å². The van der Waals surface area contributed by atoms with Crippen LogP contribution < -0.4 is 4.74 Å². The molecule has 0 saturated heterocycles. The van der Waals surface area contributed by atoms with Crippen LogP contribution >= 0.6 is 0 Å². The lowest BCUT2D eigenvalue weighted by Gasteiger charge is -2.26. The summed E-state index contributed by atoms with van der Waals surface area (Å²) in [7, 11) is 1.57. The van der Waals surface area contributed by atoms with Crippen molar-refractivity contribution >= 4 is 28.3 Å². The molecule has 2 aromatic heterocycles. The minimum absolute atomic E-state index is 0.0821. The summed E-state index contributed by atoms with van der Waals surface area (Å²) in [5.41, 5.74) is 1.35. The van der Waals surface area contributed by atoms with Crippen LogP contribution in [0.15, 0.2) is 82.8 Å². The Labute approximate surface area is 204 Å². The number of amides is 1. The van der Waals surface area contributed by atoms with E-state index in [4.69, 9.17) is 9.15 Å². The smallest absolute Gasteiger partial charge is 0.290 e. The van der Waals surface area contributed by atoms with Gasteiger partial charge in [0.25, 0.3) is 11.6 Å². The summed E-state index contributed by atoms with van der Waals surface area (Å²) in [4.78, 5) is 42.2. The number of aromatic amines is 1. The molecule has 1 atom stereocenters. The predicted octanol–water partition coefficient (Wildman–Crippen LogP) is 4.50. The lowest BCUT2D eigenvalue weighted by atomic mass is 9.93. The number of nitrogens with zero attached hydrogens (tertiary/aromatic N) is 2. The van der Waals surface area contributed by atoms with E-state index in [1.165, 1.54) is 41.5 Å². The van der Waals surface area contributed by atoms with E-state index in [1.54, 1.807) is 13.2 Å². The Morgan fingerprint density at radius 3 is 2.75 bits per heavy atom. The third-order valence-corrected chi connectivity index (χ3v) is 6.32. The Balaban J connectivity index is 1.56. The van der Waals surface area contributed by atoms with Crippen LogP contribution in [0.1, 0.15) is 27.7 Å². The maximum absolute atomic E-state index is 13.3. The van der Waals surface area contributed by atoms with E-state index in [0.29, 0.717) is 12.2 Å². The number of ether oxygens (including phenoxy) is 1. The van der Waals surface area contributed by atoms with Crippen LogP contribution in [-0.4, -0.2) is 45.3 Å². The van der Waals surface area contributed by atoms with E-state index in [2.05, 4.69) is 4.98 Å². The first-order valence-corrected chi connectivity index (χ1v) is 11.1. The molecule has 2 N–H and O–H groups in total. The number of fused-ring (bicyclic) bond motifs is 1. The van der Waals surface area contributed by atoms with Crippen molar-refractivity contribution in [3.63, 3.8) is 0 Å². The molecule has 0 radical (unpaired) electrons. The van der Waals surface area contributed by atoms with Crippen LogP contribution in [0, 0.1) is 10.1 Å². The lowest BCUT2D eigenvalue weighted by Crippen LogP contribution is -2.33. The average molecular weight is 487 g/mol. The number of H-pyrrole nitrogens is 1. The van der Waals surface area contributed by atoms with Crippen molar-refractivity contribution in [2.75, 3.05) is 13.7 Å². The van der Waals surface area contributed by atoms with Gasteiger partial charge in [-0.3, -0.25) is 19.7 Å². The van der Waals surface area contributed by atoms with Crippen molar-refractivity contribution in [3.8, 4) is 5.75 Å². The summed E-state index contributed by atoms with van der Waals surface area (Å²) in [6.07, 6.45) is 3.46. The molecule has 1 aliphatic rings. The number of para-hydroxylation sites is 1. The largest absolute Gasteiger partial charge is 0.503 e. The molecule has 1 aliphatic heterocycles. The van der Waals surface area contributed by atoms with Crippen molar-refractivity contribution in [2.24, 2.45) is 0 Å². The number of nitro groups is 1. The number of aromatic nitrogens is 1. The number of rotatable bonds is 8. The summed E-state index contributed by atoms with van der Waals surface area (Å²) in [6.45, 7) is 0.0821. The van der Waals surface area contributed by atoms with E-state index >= 15 is 0 Å². The lowest BCUT2D eigenvalue weighted by molar-refractivity contribution is -0.385. The zero-order chi connectivity index (χ0) is 25.4. The molecule has 2 aromatic carbocycles. The highest BCUT2D eigenvalue weighted by molar-refractivity contribution is 6.15. The first-order chi connectivity index (χ1) is 17.4. The maximum atomic E-state index is 13.3. The predicted molar refractivity (Wildman–Crippen MR) is 129 cm³/mol. The molecule has 0 fully saturated rings. The van der Waals surface area contributed by atoms with E-state index in [9.17, 15) is 24.8 Å². The van der Waals surface area contributed by atoms with Crippen LogP contribution in [0.25, 0.3) is 10.9 Å². The third kappa shape index (κ3) is 3.78. The van der Waals surface area contributed by atoms with Gasteiger partial charge in [-0.25, -0.2) is 0 Å². The van der Waals surface area contributed by atoms with Crippen LogP contribution in [-0.2, 0) is 11.2 Å². The SMILES string of the molecule is COc1ccc2[nH]cc(CCN3C(=O)C(O)=C(C(=O)c4ccco4)[C@@H]3c3ccccc3[N+](=O)[O-])c2c1. The number of carbonyl (C=O) groups excluding carboxylic acids is 2. The number of aliphatic hydroxyl groups is 1. The fraction of sp³-hybridized carbons (Fsp3) is 0.154. The zero-order valence-corrected chi connectivity index (χ0v) is 19.1. The molecular formula is C26H21N3O7. The molecule has 10 nitrogen and oxygen atoms in total. The van der Waals surface area contributed by atoms with Gasteiger partial charge < -0.3 is 24.1 Å². The Kier molecular flexibility index (Phi) is 5.77. The van der Waals surface area contributed by atoms with Gasteiger partial charge in [0.15, 0.2) is 11.5 Å². The summed E-state index contributed by atoms with van der Waals surface area (Å²) in [5.74, 6) is -1.67. The standard InChI is InChI=1S/C26H21N3O7/c1-35-16-8-9-19-18(13-16)15(14-27-19)10-11-28-23(17-5-2-3-6-20(17)29(33)34)22(25(31)26(28)32)24(30)21-7-4-12-36-21/h2-9,12-14,23,27,31H,10-11H2,1H3/t23-/m0/s1. The molecule has 36 heavy (non-hydrogen) atoms. The first kappa shape index (κ1) is 22.9. The number of ketones is 1. The number of nitro benzene ring substituents is 1. The molecule has 10 heteroatoms. The summed E-state index contributed by atoms with van der Waals surface area (Å²) in [5, 5.41) is 23.5. The van der Waals surface area contributed by atoms with Crippen LogP contribution in [0.5, 0.6) is 5.75 Å². The highest BCUT2D eigenvalue weighted by Gasteiger charge is 2.46. The number of aliphatic hydroxyl groups excluding tert-OH is 1.